The molecule has 1 saturated heterocycles. The maximum atomic E-state index is 9.41. The van der Waals surface area contributed by atoms with Crippen LogP contribution in [-0.2, 0) is 4.74 Å². The molecule has 0 unspecified atom stereocenters. The van der Waals surface area contributed by atoms with Crippen LogP contribution in [0.25, 0.3) is 0 Å². The first-order valence-corrected chi connectivity index (χ1v) is 7.16. The molecular weight excluding hydrogens is 214 g/mol. The fourth-order valence-corrected chi connectivity index (χ4v) is 3.41. The van der Waals surface area contributed by atoms with E-state index >= 15 is 0 Å². The number of nitrogens with zero attached hydrogens (tertiary/aromatic N) is 1. The van der Waals surface area contributed by atoms with Gasteiger partial charge in [-0.3, -0.25) is 4.90 Å². The Balaban J connectivity index is 1.86. The van der Waals surface area contributed by atoms with Crippen LogP contribution in [0.2, 0.25) is 0 Å². The monoisotopic (exact) mass is 241 g/mol. The lowest BCUT2D eigenvalue weighted by Gasteiger charge is -2.43. The Bertz CT molecular complexity index is 224. The van der Waals surface area contributed by atoms with Gasteiger partial charge in [0.05, 0.1) is 25.9 Å². The number of hydrogen-bond donors (Lipinski definition) is 1. The minimum absolute atomic E-state index is 0.240. The van der Waals surface area contributed by atoms with E-state index in [1.165, 1.54) is 25.7 Å². The number of rotatable bonds is 3. The highest BCUT2D eigenvalue weighted by molar-refractivity contribution is 4.86. The van der Waals surface area contributed by atoms with Gasteiger partial charge < -0.3 is 9.84 Å². The van der Waals surface area contributed by atoms with Gasteiger partial charge in [0.15, 0.2) is 0 Å². The number of ether oxygens (including phenoxy) is 1. The van der Waals surface area contributed by atoms with Gasteiger partial charge in [0.25, 0.3) is 0 Å². The van der Waals surface area contributed by atoms with Crippen molar-refractivity contribution >= 4 is 0 Å². The fourth-order valence-electron chi connectivity index (χ4n) is 3.41. The Kier molecular flexibility index (Phi) is 4.83. The van der Waals surface area contributed by atoms with E-state index in [0.717, 1.165) is 25.0 Å². The summed E-state index contributed by atoms with van der Waals surface area (Å²) in [5.74, 6) is 1.74. The average molecular weight is 241 g/mol. The van der Waals surface area contributed by atoms with E-state index in [-0.39, 0.29) is 12.6 Å². The summed E-state index contributed by atoms with van der Waals surface area (Å²) in [6.07, 6.45) is 5.33. The Hall–Kier alpha value is -0.120. The summed E-state index contributed by atoms with van der Waals surface area (Å²) < 4.78 is 5.45. The average Bonchev–Trinajstić information content (AvgIpc) is 2.39. The lowest BCUT2D eigenvalue weighted by Crippen LogP contribution is -2.53. The second kappa shape index (κ2) is 6.17. The normalized spacial score (nSPS) is 36.4. The van der Waals surface area contributed by atoms with Crippen molar-refractivity contribution in [3.8, 4) is 0 Å². The smallest absolute Gasteiger partial charge is 0.0644 e. The zero-order chi connectivity index (χ0) is 12.3. The van der Waals surface area contributed by atoms with Gasteiger partial charge in [0.2, 0.25) is 0 Å². The minimum atomic E-state index is 0.240. The SMILES string of the molecule is CC(C)C1CCC(N2CCOC[C@H]2CO)CC1. The summed E-state index contributed by atoms with van der Waals surface area (Å²) in [4.78, 5) is 2.50. The largest absolute Gasteiger partial charge is 0.395 e. The molecule has 2 fully saturated rings. The van der Waals surface area contributed by atoms with E-state index in [2.05, 4.69) is 18.7 Å². The third kappa shape index (κ3) is 3.21. The van der Waals surface area contributed by atoms with E-state index < -0.39 is 0 Å². The zero-order valence-corrected chi connectivity index (χ0v) is 11.3. The number of morpholine rings is 1. The van der Waals surface area contributed by atoms with E-state index in [0.29, 0.717) is 12.6 Å². The van der Waals surface area contributed by atoms with Crippen LogP contribution in [-0.4, -0.2) is 48.5 Å². The van der Waals surface area contributed by atoms with Gasteiger partial charge in [-0.05, 0) is 37.5 Å². The standard InChI is InChI=1S/C14H27NO2/c1-11(2)12-3-5-13(6-4-12)15-7-8-17-10-14(15)9-16/h11-14,16H,3-10H2,1-2H3/t12?,13?,14-/m1/s1. The molecule has 100 valence electrons. The highest BCUT2D eigenvalue weighted by atomic mass is 16.5. The molecule has 2 rings (SSSR count). The van der Waals surface area contributed by atoms with Crippen LogP contribution in [0.1, 0.15) is 39.5 Å². The lowest BCUT2D eigenvalue weighted by atomic mass is 9.79. The number of hydrogen-bond acceptors (Lipinski definition) is 3. The molecule has 17 heavy (non-hydrogen) atoms. The van der Waals surface area contributed by atoms with Crippen LogP contribution < -0.4 is 0 Å². The Morgan fingerprint density at radius 2 is 1.94 bits per heavy atom. The predicted molar refractivity (Wildman–Crippen MR) is 69.0 cm³/mol. The topological polar surface area (TPSA) is 32.7 Å². The molecule has 0 spiro atoms. The number of aliphatic hydroxyl groups is 1. The van der Waals surface area contributed by atoms with Crippen molar-refractivity contribution in [3.63, 3.8) is 0 Å². The van der Waals surface area contributed by atoms with Gasteiger partial charge in [0.1, 0.15) is 0 Å². The Morgan fingerprint density at radius 3 is 2.53 bits per heavy atom. The van der Waals surface area contributed by atoms with Crippen LogP contribution >= 0.6 is 0 Å². The third-order valence-corrected chi connectivity index (χ3v) is 4.64. The van der Waals surface area contributed by atoms with Crippen molar-refractivity contribution in [3.05, 3.63) is 0 Å². The van der Waals surface area contributed by atoms with Crippen molar-refractivity contribution in [1.82, 2.24) is 4.90 Å². The summed E-state index contributed by atoms with van der Waals surface area (Å²) >= 11 is 0. The van der Waals surface area contributed by atoms with Crippen LogP contribution in [0.3, 0.4) is 0 Å². The van der Waals surface area contributed by atoms with Crippen molar-refractivity contribution in [2.45, 2.75) is 51.6 Å². The third-order valence-electron chi connectivity index (χ3n) is 4.64. The van der Waals surface area contributed by atoms with Crippen LogP contribution in [0.4, 0.5) is 0 Å². The molecular formula is C14H27NO2. The van der Waals surface area contributed by atoms with E-state index in [9.17, 15) is 5.11 Å². The summed E-state index contributed by atoms with van der Waals surface area (Å²) in [5.41, 5.74) is 0. The first kappa shape index (κ1) is 13.3. The molecule has 0 amide bonds. The van der Waals surface area contributed by atoms with Crippen LogP contribution in [0.5, 0.6) is 0 Å². The lowest BCUT2D eigenvalue weighted by molar-refractivity contribution is -0.0567. The van der Waals surface area contributed by atoms with Gasteiger partial charge >= 0.3 is 0 Å². The Labute approximate surface area is 105 Å². The van der Waals surface area contributed by atoms with Crippen molar-refractivity contribution in [2.75, 3.05) is 26.4 Å². The molecule has 0 bridgehead atoms. The zero-order valence-electron chi connectivity index (χ0n) is 11.3. The maximum absolute atomic E-state index is 9.41. The first-order chi connectivity index (χ1) is 8.22. The Morgan fingerprint density at radius 1 is 1.24 bits per heavy atom. The van der Waals surface area contributed by atoms with Crippen LogP contribution in [0.15, 0.2) is 0 Å². The molecule has 3 heteroatoms. The molecule has 1 saturated carbocycles. The molecule has 1 aliphatic carbocycles. The summed E-state index contributed by atoms with van der Waals surface area (Å²) in [5, 5.41) is 9.41. The molecule has 2 aliphatic rings. The molecule has 1 aliphatic heterocycles. The summed E-state index contributed by atoms with van der Waals surface area (Å²) in [6, 6.07) is 0.926. The highest BCUT2D eigenvalue weighted by Gasteiger charge is 2.32. The molecule has 3 nitrogen and oxygen atoms in total. The molecule has 1 atom stereocenters. The molecule has 0 radical (unpaired) electrons. The number of aliphatic hydroxyl groups excluding tert-OH is 1. The van der Waals surface area contributed by atoms with Gasteiger partial charge in [-0.1, -0.05) is 13.8 Å². The van der Waals surface area contributed by atoms with E-state index in [1.807, 2.05) is 0 Å². The molecule has 0 aromatic carbocycles. The predicted octanol–water partition coefficient (Wildman–Crippen LogP) is 1.89. The molecule has 0 aromatic rings. The van der Waals surface area contributed by atoms with Gasteiger partial charge in [-0.2, -0.15) is 0 Å². The van der Waals surface area contributed by atoms with Gasteiger partial charge in [-0.15, -0.1) is 0 Å². The molecule has 1 heterocycles. The summed E-state index contributed by atoms with van der Waals surface area (Å²) in [7, 11) is 0. The molecule has 1 N–H and O–H groups in total. The van der Waals surface area contributed by atoms with Gasteiger partial charge in [0, 0.05) is 12.6 Å². The van der Waals surface area contributed by atoms with Gasteiger partial charge in [-0.25, -0.2) is 0 Å². The van der Waals surface area contributed by atoms with Crippen molar-refractivity contribution < 1.29 is 9.84 Å². The maximum Gasteiger partial charge on any atom is 0.0644 e. The van der Waals surface area contributed by atoms with E-state index in [4.69, 9.17) is 4.74 Å². The second-order valence-corrected chi connectivity index (χ2v) is 5.96. The van der Waals surface area contributed by atoms with Crippen molar-refractivity contribution in [1.29, 1.82) is 0 Å². The second-order valence-electron chi connectivity index (χ2n) is 5.96. The minimum Gasteiger partial charge on any atom is -0.395 e. The van der Waals surface area contributed by atoms with Crippen LogP contribution in [0, 0.1) is 11.8 Å². The van der Waals surface area contributed by atoms with Crippen molar-refractivity contribution in [2.24, 2.45) is 11.8 Å². The molecule has 0 aromatic heterocycles. The first-order valence-electron chi connectivity index (χ1n) is 7.16. The fraction of sp³-hybridized carbons (Fsp3) is 1.00. The quantitative estimate of drug-likeness (QED) is 0.819. The summed E-state index contributed by atoms with van der Waals surface area (Å²) in [6.45, 7) is 7.47. The van der Waals surface area contributed by atoms with E-state index in [1.54, 1.807) is 0 Å². The highest BCUT2D eigenvalue weighted by Crippen LogP contribution is 2.33.